The van der Waals surface area contributed by atoms with Gasteiger partial charge in [0.1, 0.15) is 5.75 Å². The molecule has 1 amide bonds. The van der Waals surface area contributed by atoms with Crippen molar-refractivity contribution < 1.29 is 9.53 Å². The van der Waals surface area contributed by atoms with E-state index in [1.807, 2.05) is 59.5 Å². The van der Waals surface area contributed by atoms with Gasteiger partial charge in [-0.15, -0.1) is 0 Å². The summed E-state index contributed by atoms with van der Waals surface area (Å²) in [5.74, 6) is 0.811. The van der Waals surface area contributed by atoms with Gasteiger partial charge < -0.3 is 9.64 Å². The van der Waals surface area contributed by atoms with Crippen LogP contribution in [0.4, 0.5) is 0 Å². The molecular weight excluding hydrogens is 482 g/mol. The van der Waals surface area contributed by atoms with Crippen LogP contribution in [0.5, 0.6) is 5.75 Å². The number of methoxy groups -OCH3 is 1. The highest BCUT2D eigenvalue weighted by Crippen LogP contribution is 2.31. The normalized spacial score (nSPS) is 14.1. The van der Waals surface area contributed by atoms with Gasteiger partial charge in [0.05, 0.1) is 29.9 Å². The van der Waals surface area contributed by atoms with Gasteiger partial charge in [-0.3, -0.25) is 9.69 Å². The number of hydrogen-bond donors (Lipinski definition) is 0. The molecule has 1 saturated heterocycles. The molecule has 5 heteroatoms. The Balaban J connectivity index is 1.28. The van der Waals surface area contributed by atoms with Crippen LogP contribution in [0.2, 0.25) is 0 Å². The maximum absolute atomic E-state index is 14.0. The molecule has 1 fully saturated rings. The summed E-state index contributed by atoms with van der Waals surface area (Å²) in [5, 5.41) is 0.878. The predicted molar refractivity (Wildman–Crippen MR) is 156 cm³/mol. The molecule has 1 aliphatic heterocycles. The second-order valence-electron chi connectivity index (χ2n) is 9.86. The standard InChI is InChI=1S/C34H31N3O2/c1-39-28-16-10-15-27(23-28)32-24-30(29-17-8-9-18-31(29)35-32)34(38)37-21-19-36(20-22-37)33(25-11-4-2-5-12-25)26-13-6-3-7-14-26/h2-18,23-24,33H,19-22H2,1H3. The third kappa shape index (κ3) is 5.14. The van der Waals surface area contributed by atoms with Gasteiger partial charge in [-0.25, -0.2) is 4.98 Å². The topological polar surface area (TPSA) is 45.7 Å². The lowest BCUT2D eigenvalue weighted by atomic mass is 9.96. The minimum atomic E-state index is 0.0494. The average molecular weight is 514 g/mol. The first-order valence-corrected chi connectivity index (χ1v) is 13.4. The molecule has 0 atom stereocenters. The third-order valence-electron chi connectivity index (χ3n) is 7.51. The lowest BCUT2D eigenvalue weighted by molar-refractivity contribution is 0.0599. The number of para-hydroxylation sites is 1. The Hall–Kier alpha value is -4.48. The zero-order chi connectivity index (χ0) is 26.6. The molecule has 0 N–H and O–H groups in total. The number of fused-ring (bicyclic) bond motifs is 1. The molecule has 5 aromatic rings. The molecule has 2 heterocycles. The first kappa shape index (κ1) is 24.8. The van der Waals surface area contributed by atoms with Crippen LogP contribution < -0.4 is 4.74 Å². The smallest absolute Gasteiger partial charge is 0.254 e. The molecule has 0 aliphatic carbocycles. The highest BCUT2D eigenvalue weighted by molar-refractivity contribution is 6.07. The number of hydrogen-bond acceptors (Lipinski definition) is 4. The monoisotopic (exact) mass is 513 g/mol. The van der Waals surface area contributed by atoms with Gasteiger partial charge in [0.15, 0.2) is 0 Å². The van der Waals surface area contributed by atoms with Gasteiger partial charge in [-0.2, -0.15) is 0 Å². The highest BCUT2D eigenvalue weighted by Gasteiger charge is 2.29. The van der Waals surface area contributed by atoms with E-state index in [0.717, 1.165) is 41.0 Å². The minimum absolute atomic E-state index is 0.0494. The molecule has 1 aliphatic rings. The van der Waals surface area contributed by atoms with Crippen molar-refractivity contribution in [1.29, 1.82) is 0 Å². The van der Waals surface area contributed by atoms with Crippen molar-refractivity contribution in [2.24, 2.45) is 0 Å². The third-order valence-corrected chi connectivity index (χ3v) is 7.51. The van der Waals surface area contributed by atoms with E-state index in [-0.39, 0.29) is 11.9 Å². The van der Waals surface area contributed by atoms with Gasteiger partial charge in [0, 0.05) is 37.1 Å². The maximum atomic E-state index is 14.0. The fourth-order valence-electron chi connectivity index (χ4n) is 5.52. The van der Waals surface area contributed by atoms with E-state index < -0.39 is 0 Å². The van der Waals surface area contributed by atoms with Crippen LogP contribution in [-0.4, -0.2) is 54.0 Å². The highest BCUT2D eigenvalue weighted by atomic mass is 16.5. The van der Waals surface area contributed by atoms with E-state index in [9.17, 15) is 4.79 Å². The van der Waals surface area contributed by atoms with Crippen LogP contribution in [0.3, 0.4) is 0 Å². The summed E-state index contributed by atoms with van der Waals surface area (Å²) in [7, 11) is 1.65. The summed E-state index contributed by atoms with van der Waals surface area (Å²) >= 11 is 0. The summed E-state index contributed by atoms with van der Waals surface area (Å²) < 4.78 is 5.42. The van der Waals surface area contributed by atoms with Crippen LogP contribution in [0.25, 0.3) is 22.2 Å². The zero-order valence-corrected chi connectivity index (χ0v) is 22.0. The molecule has 4 aromatic carbocycles. The fraction of sp³-hybridized carbons (Fsp3) is 0.176. The van der Waals surface area contributed by atoms with Crippen molar-refractivity contribution in [1.82, 2.24) is 14.8 Å². The molecule has 0 spiro atoms. The molecule has 39 heavy (non-hydrogen) atoms. The van der Waals surface area contributed by atoms with Crippen molar-refractivity contribution in [3.8, 4) is 17.0 Å². The first-order chi connectivity index (χ1) is 19.2. The van der Waals surface area contributed by atoms with Crippen molar-refractivity contribution in [2.45, 2.75) is 6.04 Å². The number of pyridine rings is 1. The van der Waals surface area contributed by atoms with Crippen LogP contribution >= 0.6 is 0 Å². The number of piperazine rings is 1. The summed E-state index contributed by atoms with van der Waals surface area (Å²) in [6.07, 6.45) is 0. The second-order valence-corrected chi connectivity index (χ2v) is 9.86. The van der Waals surface area contributed by atoms with E-state index in [2.05, 4.69) is 65.6 Å². The predicted octanol–water partition coefficient (Wildman–Crippen LogP) is 6.46. The lowest BCUT2D eigenvalue weighted by Gasteiger charge is -2.40. The SMILES string of the molecule is COc1cccc(-c2cc(C(=O)N3CCN(C(c4ccccc4)c4ccccc4)CC3)c3ccccc3n2)c1. The number of nitrogens with zero attached hydrogens (tertiary/aromatic N) is 3. The van der Waals surface area contributed by atoms with Crippen LogP contribution in [-0.2, 0) is 0 Å². The summed E-state index contributed by atoms with van der Waals surface area (Å²) in [6, 6.07) is 39.1. The Morgan fingerprint density at radius 2 is 1.38 bits per heavy atom. The van der Waals surface area contributed by atoms with Crippen molar-refractivity contribution in [2.75, 3.05) is 33.3 Å². The van der Waals surface area contributed by atoms with Crippen molar-refractivity contribution in [3.05, 3.63) is 132 Å². The van der Waals surface area contributed by atoms with E-state index >= 15 is 0 Å². The number of aromatic nitrogens is 1. The largest absolute Gasteiger partial charge is 0.497 e. The van der Waals surface area contributed by atoms with E-state index in [1.165, 1.54) is 11.1 Å². The van der Waals surface area contributed by atoms with E-state index in [1.54, 1.807) is 7.11 Å². The molecule has 0 radical (unpaired) electrons. The Labute approximate surface area is 229 Å². The molecule has 0 bridgehead atoms. The first-order valence-electron chi connectivity index (χ1n) is 13.4. The van der Waals surface area contributed by atoms with Crippen molar-refractivity contribution >= 4 is 16.8 Å². The number of ether oxygens (including phenoxy) is 1. The second kappa shape index (κ2) is 11.1. The fourth-order valence-corrected chi connectivity index (χ4v) is 5.52. The Kier molecular flexibility index (Phi) is 7.07. The molecule has 6 rings (SSSR count). The molecule has 1 aromatic heterocycles. The quantitative estimate of drug-likeness (QED) is 0.262. The molecule has 5 nitrogen and oxygen atoms in total. The summed E-state index contributed by atoms with van der Waals surface area (Å²) in [5.41, 5.74) is 5.73. The Morgan fingerprint density at radius 1 is 0.744 bits per heavy atom. The molecular formula is C34H31N3O2. The Bertz CT molecular complexity index is 1540. The van der Waals surface area contributed by atoms with Crippen molar-refractivity contribution in [3.63, 3.8) is 0 Å². The molecule has 0 unspecified atom stereocenters. The maximum Gasteiger partial charge on any atom is 0.254 e. The number of benzene rings is 4. The lowest BCUT2D eigenvalue weighted by Crippen LogP contribution is -2.49. The minimum Gasteiger partial charge on any atom is -0.497 e. The molecule has 0 saturated carbocycles. The van der Waals surface area contributed by atoms with Gasteiger partial charge in [0.2, 0.25) is 0 Å². The zero-order valence-electron chi connectivity index (χ0n) is 22.0. The van der Waals surface area contributed by atoms with Gasteiger partial charge >= 0.3 is 0 Å². The average Bonchev–Trinajstić information content (AvgIpc) is 3.02. The summed E-state index contributed by atoms with van der Waals surface area (Å²) in [4.78, 5) is 23.3. The Morgan fingerprint density at radius 3 is 2.05 bits per heavy atom. The van der Waals surface area contributed by atoms with Gasteiger partial charge in [-0.05, 0) is 35.4 Å². The van der Waals surface area contributed by atoms with E-state index in [4.69, 9.17) is 9.72 Å². The number of amides is 1. The number of rotatable bonds is 6. The van der Waals surface area contributed by atoms with Crippen LogP contribution in [0.15, 0.2) is 115 Å². The number of carbonyl (C=O) groups is 1. The van der Waals surface area contributed by atoms with E-state index in [0.29, 0.717) is 18.7 Å². The molecule has 194 valence electrons. The van der Waals surface area contributed by atoms with Crippen LogP contribution in [0.1, 0.15) is 27.5 Å². The van der Waals surface area contributed by atoms with Crippen LogP contribution in [0, 0.1) is 0 Å². The van der Waals surface area contributed by atoms with Gasteiger partial charge in [0.25, 0.3) is 5.91 Å². The number of carbonyl (C=O) groups excluding carboxylic acids is 1. The summed E-state index contributed by atoms with van der Waals surface area (Å²) in [6.45, 7) is 2.93. The van der Waals surface area contributed by atoms with Gasteiger partial charge in [-0.1, -0.05) is 91.0 Å².